The van der Waals surface area contributed by atoms with Crippen molar-refractivity contribution in [2.45, 2.75) is 25.2 Å². The number of ketones is 1. The van der Waals surface area contributed by atoms with Crippen LogP contribution in [-0.2, 0) is 4.79 Å². The number of nitrogens with one attached hydrogen (secondary N) is 1. The van der Waals surface area contributed by atoms with E-state index in [1.807, 2.05) is 18.2 Å². The average molecular weight is 385 g/mol. The van der Waals surface area contributed by atoms with E-state index in [9.17, 15) is 4.79 Å². The van der Waals surface area contributed by atoms with Gasteiger partial charge in [0, 0.05) is 29.0 Å². The summed E-state index contributed by atoms with van der Waals surface area (Å²) in [5, 5.41) is 6.00. The topological polar surface area (TPSA) is 47.6 Å². The molecule has 0 unspecified atom stereocenters. The van der Waals surface area contributed by atoms with E-state index in [1.165, 1.54) is 10.8 Å². The second kappa shape index (κ2) is 6.96. The Balaban J connectivity index is 1.77. The minimum atomic E-state index is -0.113. The standard InChI is InChI=1S/C25H23NO3/c1-28-21-13-11-16(14-22(21)29-2)23-18-12-10-15-6-3-4-7-17(15)25(18)26-19-8-5-9-20(27)24(19)23/h3-4,6-7,10-14,23,26H,5,8-9H2,1-2H3/t23-/m1/s1. The van der Waals surface area contributed by atoms with Crippen molar-refractivity contribution in [2.24, 2.45) is 0 Å². The smallest absolute Gasteiger partial charge is 0.161 e. The molecule has 1 heterocycles. The van der Waals surface area contributed by atoms with Gasteiger partial charge in [-0.3, -0.25) is 4.79 Å². The summed E-state index contributed by atoms with van der Waals surface area (Å²) < 4.78 is 11.0. The maximum Gasteiger partial charge on any atom is 0.161 e. The number of allylic oxidation sites excluding steroid dienone is 2. The maximum absolute atomic E-state index is 13.0. The van der Waals surface area contributed by atoms with E-state index in [2.05, 4.69) is 41.7 Å². The molecule has 0 saturated heterocycles. The van der Waals surface area contributed by atoms with Crippen LogP contribution in [0.2, 0.25) is 0 Å². The van der Waals surface area contributed by atoms with E-state index < -0.39 is 0 Å². The van der Waals surface area contributed by atoms with Gasteiger partial charge in [-0.15, -0.1) is 0 Å². The van der Waals surface area contributed by atoms with Gasteiger partial charge in [-0.25, -0.2) is 0 Å². The molecule has 1 aliphatic carbocycles. The van der Waals surface area contributed by atoms with Crippen LogP contribution in [0, 0.1) is 0 Å². The average Bonchev–Trinajstić information content (AvgIpc) is 2.77. The summed E-state index contributed by atoms with van der Waals surface area (Å²) in [6, 6.07) is 18.6. The Kier molecular flexibility index (Phi) is 4.27. The zero-order valence-corrected chi connectivity index (χ0v) is 16.6. The van der Waals surface area contributed by atoms with Gasteiger partial charge >= 0.3 is 0 Å². The van der Waals surface area contributed by atoms with Crippen molar-refractivity contribution in [3.05, 3.63) is 77.0 Å². The van der Waals surface area contributed by atoms with Gasteiger partial charge in [0.15, 0.2) is 17.3 Å². The van der Waals surface area contributed by atoms with E-state index in [1.54, 1.807) is 14.2 Å². The van der Waals surface area contributed by atoms with Crippen LogP contribution in [0.4, 0.5) is 5.69 Å². The lowest BCUT2D eigenvalue weighted by Crippen LogP contribution is -2.27. The number of ether oxygens (including phenoxy) is 2. The highest BCUT2D eigenvalue weighted by atomic mass is 16.5. The molecule has 146 valence electrons. The minimum Gasteiger partial charge on any atom is -0.493 e. The van der Waals surface area contributed by atoms with Crippen molar-refractivity contribution in [3.63, 3.8) is 0 Å². The maximum atomic E-state index is 13.0. The normalized spacial score (nSPS) is 18.1. The van der Waals surface area contributed by atoms with Gasteiger partial charge in [0.25, 0.3) is 0 Å². The molecule has 0 aromatic heterocycles. The molecular formula is C25H23NO3. The third-order valence-electron chi connectivity index (χ3n) is 6.03. The van der Waals surface area contributed by atoms with Crippen LogP contribution in [0.1, 0.15) is 36.3 Å². The van der Waals surface area contributed by atoms with Crippen LogP contribution < -0.4 is 14.8 Å². The van der Waals surface area contributed by atoms with Crippen LogP contribution >= 0.6 is 0 Å². The fourth-order valence-electron chi connectivity index (χ4n) is 4.68. The summed E-state index contributed by atoms with van der Waals surface area (Å²) >= 11 is 0. The van der Waals surface area contributed by atoms with E-state index in [-0.39, 0.29) is 11.7 Å². The summed E-state index contributed by atoms with van der Waals surface area (Å²) in [6.07, 6.45) is 2.39. The molecule has 4 nitrogen and oxygen atoms in total. The third kappa shape index (κ3) is 2.79. The van der Waals surface area contributed by atoms with Crippen molar-refractivity contribution in [2.75, 3.05) is 19.5 Å². The molecule has 5 rings (SSSR count). The summed E-state index contributed by atoms with van der Waals surface area (Å²) in [7, 11) is 3.27. The Bertz CT molecular complexity index is 1160. The number of methoxy groups -OCH3 is 2. The molecule has 1 aliphatic heterocycles. The summed E-state index contributed by atoms with van der Waals surface area (Å²) in [5.74, 6) is 1.49. The lowest BCUT2D eigenvalue weighted by atomic mass is 9.75. The molecule has 4 heteroatoms. The number of rotatable bonds is 3. The second-order valence-electron chi connectivity index (χ2n) is 7.59. The van der Waals surface area contributed by atoms with E-state index in [0.29, 0.717) is 17.9 Å². The minimum absolute atomic E-state index is 0.113. The first-order valence-corrected chi connectivity index (χ1v) is 9.98. The quantitative estimate of drug-likeness (QED) is 0.654. The van der Waals surface area contributed by atoms with Crippen molar-refractivity contribution >= 4 is 22.2 Å². The highest BCUT2D eigenvalue weighted by Crippen LogP contribution is 2.48. The molecule has 0 bridgehead atoms. The molecule has 0 spiro atoms. The van der Waals surface area contributed by atoms with Gasteiger partial charge in [-0.2, -0.15) is 0 Å². The molecule has 3 aromatic carbocycles. The number of carbonyl (C=O) groups is 1. The monoisotopic (exact) mass is 385 g/mol. The van der Waals surface area contributed by atoms with Crippen molar-refractivity contribution in [1.29, 1.82) is 0 Å². The number of hydrogen-bond acceptors (Lipinski definition) is 4. The first-order chi connectivity index (χ1) is 14.2. The van der Waals surface area contributed by atoms with E-state index >= 15 is 0 Å². The SMILES string of the molecule is COc1ccc([C@H]2C3=C(CCCC3=O)Nc3c2ccc2ccccc32)cc1OC. The van der Waals surface area contributed by atoms with Crippen LogP contribution in [0.25, 0.3) is 10.8 Å². The molecular weight excluding hydrogens is 362 g/mol. The van der Waals surface area contributed by atoms with Crippen molar-refractivity contribution in [3.8, 4) is 11.5 Å². The summed E-state index contributed by atoms with van der Waals surface area (Å²) in [4.78, 5) is 13.0. The van der Waals surface area contributed by atoms with Gasteiger partial charge in [0.2, 0.25) is 0 Å². The molecule has 3 aromatic rings. The van der Waals surface area contributed by atoms with Crippen molar-refractivity contribution in [1.82, 2.24) is 0 Å². The molecule has 2 aliphatic rings. The van der Waals surface area contributed by atoms with Crippen molar-refractivity contribution < 1.29 is 14.3 Å². The number of fused-ring (bicyclic) bond motifs is 3. The van der Waals surface area contributed by atoms with Gasteiger partial charge in [0.1, 0.15) is 0 Å². The number of hydrogen-bond donors (Lipinski definition) is 1. The number of anilines is 1. The molecule has 1 N–H and O–H groups in total. The Morgan fingerprint density at radius 1 is 0.931 bits per heavy atom. The second-order valence-corrected chi connectivity index (χ2v) is 7.59. The lowest BCUT2D eigenvalue weighted by molar-refractivity contribution is -0.116. The van der Waals surface area contributed by atoms with Crippen LogP contribution in [0.3, 0.4) is 0 Å². The lowest BCUT2D eigenvalue weighted by Gasteiger charge is -2.35. The molecule has 1 atom stereocenters. The predicted molar refractivity (Wildman–Crippen MR) is 115 cm³/mol. The van der Waals surface area contributed by atoms with Crippen LogP contribution in [0.5, 0.6) is 11.5 Å². The third-order valence-corrected chi connectivity index (χ3v) is 6.03. The Morgan fingerprint density at radius 2 is 1.76 bits per heavy atom. The fourth-order valence-corrected chi connectivity index (χ4v) is 4.68. The summed E-state index contributed by atoms with van der Waals surface area (Å²) in [6.45, 7) is 0. The Morgan fingerprint density at radius 3 is 2.59 bits per heavy atom. The number of benzene rings is 3. The number of Topliss-reactive ketones (excluding diaryl/α,β-unsaturated/α-hetero) is 1. The first kappa shape index (κ1) is 17.8. The zero-order chi connectivity index (χ0) is 20.0. The van der Waals surface area contributed by atoms with E-state index in [0.717, 1.165) is 40.9 Å². The van der Waals surface area contributed by atoms with Crippen LogP contribution in [0.15, 0.2) is 65.9 Å². The molecule has 0 radical (unpaired) electrons. The molecule has 0 fully saturated rings. The van der Waals surface area contributed by atoms with Gasteiger partial charge in [0.05, 0.1) is 19.9 Å². The Hall–Kier alpha value is -3.27. The first-order valence-electron chi connectivity index (χ1n) is 9.98. The number of carbonyl (C=O) groups excluding carboxylic acids is 1. The highest BCUT2D eigenvalue weighted by Gasteiger charge is 2.36. The molecule has 0 saturated carbocycles. The largest absolute Gasteiger partial charge is 0.493 e. The van der Waals surface area contributed by atoms with Gasteiger partial charge < -0.3 is 14.8 Å². The fraction of sp³-hybridized carbons (Fsp3) is 0.240. The molecule has 0 amide bonds. The molecule has 29 heavy (non-hydrogen) atoms. The van der Waals surface area contributed by atoms with Gasteiger partial charge in [-0.05, 0) is 41.5 Å². The highest BCUT2D eigenvalue weighted by molar-refractivity contribution is 6.04. The van der Waals surface area contributed by atoms with E-state index in [4.69, 9.17) is 9.47 Å². The predicted octanol–water partition coefficient (Wildman–Crippen LogP) is 5.42. The van der Waals surface area contributed by atoms with Crippen LogP contribution in [-0.4, -0.2) is 20.0 Å². The summed E-state index contributed by atoms with van der Waals surface area (Å²) in [5.41, 5.74) is 5.24. The zero-order valence-electron chi connectivity index (χ0n) is 16.6. The Labute approximate surface area is 170 Å². The van der Waals surface area contributed by atoms with Gasteiger partial charge in [-0.1, -0.05) is 42.5 Å².